The van der Waals surface area contributed by atoms with Crippen molar-refractivity contribution in [3.8, 4) is 0 Å². The predicted octanol–water partition coefficient (Wildman–Crippen LogP) is 2.40. The van der Waals surface area contributed by atoms with Crippen LogP contribution in [-0.2, 0) is 12.8 Å². The van der Waals surface area contributed by atoms with Gasteiger partial charge in [-0.05, 0) is 24.8 Å². The molecule has 0 amide bonds. The van der Waals surface area contributed by atoms with E-state index in [1.807, 2.05) is 24.4 Å². The average molecular weight is 239 g/mol. The standard InChI is InChI=1S/C15H17N3/c16-13-7-4-8-14-12(13)10-17-15(18-14)9-11-5-2-1-3-6-11/h1-3,5-6,10,13H,4,7-9,16H2. The van der Waals surface area contributed by atoms with Crippen LogP contribution in [0.25, 0.3) is 0 Å². The van der Waals surface area contributed by atoms with Crippen molar-refractivity contribution in [3.05, 3.63) is 59.2 Å². The first-order valence-corrected chi connectivity index (χ1v) is 6.47. The van der Waals surface area contributed by atoms with Crippen LogP contribution in [0.3, 0.4) is 0 Å². The fourth-order valence-corrected chi connectivity index (χ4v) is 2.49. The van der Waals surface area contributed by atoms with E-state index in [2.05, 4.69) is 22.1 Å². The maximum absolute atomic E-state index is 6.07. The molecule has 1 aliphatic rings. The lowest BCUT2D eigenvalue weighted by atomic mass is 9.93. The number of aryl methyl sites for hydroxylation is 1. The van der Waals surface area contributed by atoms with E-state index in [0.717, 1.165) is 42.8 Å². The molecule has 0 fully saturated rings. The summed E-state index contributed by atoms with van der Waals surface area (Å²) in [6.07, 6.45) is 5.94. The third-order valence-electron chi connectivity index (χ3n) is 3.48. The van der Waals surface area contributed by atoms with E-state index >= 15 is 0 Å². The molecule has 0 bridgehead atoms. The van der Waals surface area contributed by atoms with Crippen LogP contribution in [0.5, 0.6) is 0 Å². The van der Waals surface area contributed by atoms with Crippen molar-refractivity contribution in [2.24, 2.45) is 5.73 Å². The monoisotopic (exact) mass is 239 g/mol. The van der Waals surface area contributed by atoms with Crippen molar-refractivity contribution in [1.29, 1.82) is 0 Å². The first-order valence-electron chi connectivity index (χ1n) is 6.47. The minimum atomic E-state index is 0.125. The molecule has 0 aliphatic heterocycles. The second kappa shape index (κ2) is 4.86. The number of aromatic nitrogens is 2. The fourth-order valence-electron chi connectivity index (χ4n) is 2.49. The lowest BCUT2D eigenvalue weighted by molar-refractivity contribution is 0.553. The normalized spacial score (nSPS) is 18.4. The fraction of sp³-hybridized carbons (Fsp3) is 0.333. The van der Waals surface area contributed by atoms with Gasteiger partial charge in [0.15, 0.2) is 0 Å². The minimum Gasteiger partial charge on any atom is -0.324 e. The van der Waals surface area contributed by atoms with Gasteiger partial charge in [0, 0.05) is 29.9 Å². The molecule has 1 atom stereocenters. The van der Waals surface area contributed by atoms with E-state index in [4.69, 9.17) is 5.73 Å². The first kappa shape index (κ1) is 11.4. The highest BCUT2D eigenvalue weighted by Crippen LogP contribution is 2.25. The molecule has 3 nitrogen and oxygen atoms in total. The zero-order valence-corrected chi connectivity index (χ0v) is 10.3. The van der Waals surface area contributed by atoms with Crippen LogP contribution in [0, 0.1) is 0 Å². The van der Waals surface area contributed by atoms with Gasteiger partial charge >= 0.3 is 0 Å². The quantitative estimate of drug-likeness (QED) is 0.875. The number of hydrogen-bond donors (Lipinski definition) is 1. The molecular formula is C15H17N3. The molecule has 1 unspecified atom stereocenters. The van der Waals surface area contributed by atoms with E-state index in [-0.39, 0.29) is 6.04 Å². The SMILES string of the molecule is NC1CCCc2nc(Cc3ccccc3)ncc21. The molecule has 18 heavy (non-hydrogen) atoms. The Morgan fingerprint density at radius 3 is 2.89 bits per heavy atom. The van der Waals surface area contributed by atoms with Gasteiger partial charge in [-0.3, -0.25) is 0 Å². The number of hydrogen-bond acceptors (Lipinski definition) is 3. The maximum atomic E-state index is 6.07. The molecule has 1 aromatic heterocycles. The molecule has 92 valence electrons. The molecule has 1 heterocycles. The van der Waals surface area contributed by atoms with E-state index in [1.165, 1.54) is 5.56 Å². The third-order valence-corrected chi connectivity index (χ3v) is 3.48. The van der Waals surface area contributed by atoms with Gasteiger partial charge < -0.3 is 5.73 Å². The van der Waals surface area contributed by atoms with Crippen LogP contribution in [-0.4, -0.2) is 9.97 Å². The molecule has 3 heteroatoms. The molecular weight excluding hydrogens is 222 g/mol. The summed E-state index contributed by atoms with van der Waals surface area (Å²) in [5, 5.41) is 0. The Morgan fingerprint density at radius 2 is 2.06 bits per heavy atom. The highest BCUT2D eigenvalue weighted by molar-refractivity contribution is 5.26. The molecule has 2 N–H and O–H groups in total. The van der Waals surface area contributed by atoms with Crippen molar-refractivity contribution >= 4 is 0 Å². The smallest absolute Gasteiger partial charge is 0.132 e. The Kier molecular flexibility index (Phi) is 3.07. The summed E-state index contributed by atoms with van der Waals surface area (Å²) in [5.41, 5.74) is 9.60. The highest BCUT2D eigenvalue weighted by Gasteiger charge is 2.18. The van der Waals surface area contributed by atoms with Crippen molar-refractivity contribution < 1.29 is 0 Å². The predicted molar refractivity (Wildman–Crippen MR) is 71.1 cm³/mol. The zero-order chi connectivity index (χ0) is 12.4. The van der Waals surface area contributed by atoms with Gasteiger partial charge in [0.2, 0.25) is 0 Å². The van der Waals surface area contributed by atoms with Crippen LogP contribution >= 0.6 is 0 Å². The lowest BCUT2D eigenvalue weighted by Gasteiger charge is -2.21. The summed E-state index contributed by atoms with van der Waals surface area (Å²) in [6.45, 7) is 0. The summed E-state index contributed by atoms with van der Waals surface area (Å²) >= 11 is 0. The number of nitrogens with zero attached hydrogens (tertiary/aromatic N) is 2. The van der Waals surface area contributed by atoms with Crippen LogP contribution in [0.4, 0.5) is 0 Å². The average Bonchev–Trinajstić information content (AvgIpc) is 2.40. The number of rotatable bonds is 2. The molecule has 2 aromatic rings. The van der Waals surface area contributed by atoms with Crippen LogP contribution in [0.15, 0.2) is 36.5 Å². The minimum absolute atomic E-state index is 0.125. The number of nitrogens with two attached hydrogens (primary N) is 1. The number of benzene rings is 1. The lowest BCUT2D eigenvalue weighted by Crippen LogP contribution is -2.19. The summed E-state index contributed by atoms with van der Waals surface area (Å²) in [5.74, 6) is 0.897. The molecule has 0 spiro atoms. The van der Waals surface area contributed by atoms with E-state index in [1.54, 1.807) is 0 Å². The van der Waals surface area contributed by atoms with E-state index < -0.39 is 0 Å². The van der Waals surface area contributed by atoms with Crippen molar-refractivity contribution in [1.82, 2.24) is 9.97 Å². The maximum Gasteiger partial charge on any atom is 0.132 e. The molecule has 0 saturated carbocycles. The molecule has 3 rings (SSSR count). The molecule has 0 radical (unpaired) electrons. The molecule has 0 saturated heterocycles. The summed E-state index contributed by atoms with van der Waals surface area (Å²) in [7, 11) is 0. The van der Waals surface area contributed by atoms with Gasteiger partial charge in [-0.2, -0.15) is 0 Å². The topological polar surface area (TPSA) is 51.8 Å². The third kappa shape index (κ3) is 2.27. The van der Waals surface area contributed by atoms with Gasteiger partial charge in [0.05, 0.1) is 0 Å². The molecule has 1 aliphatic carbocycles. The Balaban J connectivity index is 1.86. The summed E-state index contributed by atoms with van der Waals surface area (Å²) in [4.78, 5) is 9.11. The van der Waals surface area contributed by atoms with Crippen LogP contribution in [0.2, 0.25) is 0 Å². The van der Waals surface area contributed by atoms with Crippen LogP contribution in [0.1, 0.15) is 41.5 Å². The largest absolute Gasteiger partial charge is 0.324 e. The second-order valence-corrected chi connectivity index (χ2v) is 4.85. The number of fused-ring (bicyclic) bond motifs is 1. The van der Waals surface area contributed by atoms with Crippen LogP contribution < -0.4 is 5.73 Å². The van der Waals surface area contributed by atoms with Crippen molar-refractivity contribution in [2.45, 2.75) is 31.7 Å². The molecule has 1 aromatic carbocycles. The zero-order valence-electron chi connectivity index (χ0n) is 10.3. The Morgan fingerprint density at radius 1 is 1.22 bits per heavy atom. The van der Waals surface area contributed by atoms with Gasteiger partial charge in [0.25, 0.3) is 0 Å². The van der Waals surface area contributed by atoms with Crippen molar-refractivity contribution in [2.75, 3.05) is 0 Å². The summed E-state index contributed by atoms with van der Waals surface area (Å²) < 4.78 is 0. The highest BCUT2D eigenvalue weighted by atomic mass is 14.9. The van der Waals surface area contributed by atoms with Gasteiger partial charge in [-0.1, -0.05) is 30.3 Å². The van der Waals surface area contributed by atoms with E-state index in [9.17, 15) is 0 Å². The Hall–Kier alpha value is -1.74. The Bertz CT molecular complexity index is 537. The Labute approximate surface area is 107 Å². The van der Waals surface area contributed by atoms with Gasteiger partial charge in [-0.15, -0.1) is 0 Å². The van der Waals surface area contributed by atoms with E-state index in [0.29, 0.717) is 0 Å². The van der Waals surface area contributed by atoms with Gasteiger partial charge in [0.1, 0.15) is 5.82 Å². The van der Waals surface area contributed by atoms with Crippen molar-refractivity contribution in [3.63, 3.8) is 0 Å². The second-order valence-electron chi connectivity index (χ2n) is 4.85. The summed E-state index contributed by atoms with van der Waals surface area (Å²) in [6, 6.07) is 10.5. The first-order chi connectivity index (χ1) is 8.83. The van der Waals surface area contributed by atoms with Gasteiger partial charge in [-0.25, -0.2) is 9.97 Å².